The van der Waals surface area contributed by atoms with Crippen LogP contribution in [-0.4, -0.2) is 48.3 Å². The van der Waals surface area contributed by atoms with Crippen LogP contribution in [0.4, 0.5) is 0 Å². The Morgan fingerprint density at radius 3 is 2.45 bits per heavy atom. The summed E-state index contributed by atoms with van der Waals surface area (Å²) in [6.45, 7) is 7.78. The molecule has 0 radical (unpaired) electrons. The summed E-state index contributed by atoms with van der Waals surface area (Å²) in [6, 6.07) is 9.01. The molecule has 0 saturated carbocycles. The average Bonchev–Trinajstić information content (AvgIpc) is 2.55. The zero-order valence-corrected chi connectivity index (χ0v) is 13.8. The second-order valence-corrected chi connectivity index (χ2v) is 6.86. The number of aryl methyl sites for hydroxylation is 1. The zero-order chi connectivity index (χ0) is 15.4. The maximum Gasteiger partial charge on any atom is 0.136 e. The summed E-state index contributed by atoms with van der Waals surface area (Å²) in [5, 5.41) is 0. The molecule has 2 saturated heterocycles. The number of carbonyl (C=O) groups is 1. The zero-order valence-electron chi connectivity index (χ0n) is 13.8. The SMILES string of the molecule is Cc1ccc(C2CC(=O)CCN2CCN2CCCCC2)cc1. The first kappa shape index (κ1) is 15.7. The van der Waals surface area contributed by atoms with Crippen LogP contribution in [0.3, 0.4) is 0 Å². The maximum atomic E-state index is 11.9. The fourth-order valence-corrected chi connectivity index (χ4v) is 3.71. The van der Waals surface area contributed by atoms with Crippen LogP contribution in [0.2, 0.25) is 0 Å². The molecule has 22 heavy (non-hydrogen) atoms. The molecule has 1 atom stereocenters. The van der Waals surface area contributed by atoms with Gasteiger partial charge in [0.2, 0.25) is 0 Å². The van der Waals surface area contributed by atoms with Crippen LogP contribution < -0.4 is 0 Å². The van der Waals surface area contributed by atoms with Crippen LogP contribution in [0, 0.1) is 6.92 Å². The van der Waals surface area contributed by atoms with Gasteiger partial charge in [0.1, 0.15) is 5.78 Å². The monoisotopic (exact) mass is 300 g/mol. The van der Waals surface area contributed by atoms with Crippen molar-refractivity contribution in [3.8, 4) is 0 Å². The van der Waals surface area contributed by atoms with Gasteiger partial charge in [-0.05, 0) is 38.4 Å². The van der Waals surface area contributed by atoms with E-state index in [0.29, 0.717) is 12.2 Å². The number of hydrogen-bond acceptors (Lipinski definition) is 3. The maximum absolute atomic E-state index is 11.9. The number of nitrogens with zero attached hydrogens (tertiary/aromatic N) is 2. The van der Waals surface area contributed by atoms with Crippen molar-refractivity contribution in [3.05, 3.63) is 35.4 Å². The lowest BCUT2D eigenvalue weighted by Crippen LogP contribution is -2.43. The molecule has 3 nitrogen and oxygen atoms in total. The van der Waals surface area contributed by atoms with Gasteiger partial charge in [-0.1, -0.05) is 36.2 Å². The minimum atomic E-state index is 0.284. The first-order valence-corrected chi connectivity index (χ1v) is 8.77. The standard InChI is InChI=1S/C19H28N2O/c1-16-5-7-17(8-6-16)19-15-18(22)9-12-21(19)14-13-20-10-3-2-4-11-20/h5-8,19H,2-4,9-15H2,1H3. The van der Waals surface area contributed by atoms with Crippen molar-refractivity contribution >= 4 is 5.78 Å². The van der Waals surface area contributed by atoms with Gasteiger partial charge in [0.15, 0.2) is 0 Å². The molecule has 1 unspecified atom stereocenters. The summed E-state index contributed by atoms with van der Waals surface area (Å²) >= 11 is 0. The fourth-order valence-electron chi connectivity index (χ4n) is 3.71. The first-order chi connectivity index (χ1) is 10.7. The highest BCUT2D eigenvalue weighted by molar-refractivity contribution is 5.80. The average molecular weight is 300 g/mol. The minimum absolute atomic E-state index is 0.284. The Kier molecular flexibility index (Phi) is 5.27. The van der Waals surface area contributed by atoms with Crippen LogP contribution in [-0.2, 0) is 4.79 Å². The summed E-state index contributed by atoms with van der Waals surface area (Å²) < 4.78 is 0. The normalized spacial score (nSPS) is 24.6. The summed E-state index contributed by atoms with van der Waals surface area (Å²) in [7, 11) is 0. The highest BCUT2D eigenvalue weighted by Gasteiger charge is 2.28. The number of likely N-dealkylation sites (tertiary alicyclic amines) is 2. The van der Waals surface area contributed by atoms with Gasteiger partial charge >= 0.3 is 0 Å². The van der Waals surface area contributed by atoms with Crippen LogP contribution in [0.1, 0.15) is 49.3 Å². The summed E-state index contributed by atoms with van der Waals surface area (Å²) in [4.78, 5) is 17.0. The van der Waals surface area contributed by atoms with Crippen molar-refractivity contribution in [2.45, 2.75) is 45.1 Å². The van der Waals surface area contributed by atoms with E-state index >= 15 is 0 Å². The van der Waals surface area contributed by atoms with E-state index in [2.05, 4.69) is 41.0 Å². The second-order valence-electron chi connectivity index (χ2n) is 6.86. The van der Waals surface area contributed by atoms with Gasteiger partial charge < -0.3 is 4.90 Å². The molecule has 1 aromatic carbocycles. The predicted molar refractivity (Wildman–Crippen MR) is 90.0 cm³/mol. The highest BCUT2D eigenvalue weighted by Crippen LogP contribution is 2.29. The molecule has 0 amide bonds. The molecular weight excluding hydrogens is 272 g/mol. The number of carbonyl (C=O) groups excluding carboxylic acids is 1. The Morgan fingerprint density at radius 2 is 1.73 bits per heavy atom. The van der Waals surface area contributed by atoms with Crippen LogP contribution in [0.25, 0.3) is 0 Å². The Morgan fingerprint density at radius 1 is 1.00 bits per heavy atom. The van der Waals surface area contributed by atoms with Gasteiger partial charge in [0.25, 0.3) is 0 Å². The Hall–Kier alpha value is -1.19. The van der Waals surface area contributed by atoms with E-state index in [1.807, 2.05) is 0 Å². The molecule has 2 heterocycles. The molecule has 2 aliphatic rings. The number of ketones is 1. The number of piperidine rings is 2. The van der Waals surface area contributed by atoms with Crippen molar-refractivity contribution in [2.75, 3.05) is 32.7 Å². The van der Waals surface area contributed by atoms with Crippen LogP contribution in [0.5, 0.6) is 0 Å². The third-order valence-electron chi connectivity index (χ3n) is 5.15. The number of Topliss-reactive ketones (excluding diaryl/α,β-unsaturated/α-hetero) is 1. The van der Waals surface area contributed by atoms with Crippen LogP contribution in [0.15, 0.2) is 24.3 Å². The first-order valence-electron chi connectivity index (χ1n) is 8.77. The van der Waals surface area contributed by atoms with E-state index in [4.69, 9.17) is 0 Å². The lowest BCUT2D eigenvalue weighted by molar-refractivity contribution is -0.123. The largest absolute Gasteiger partial charge is 0.302 e. The third-order valence-corrected chi connectivity index (χ3v) is 5.15. The molecule has 1 aromatic rings. The molecule has 3 heteroatoms. The number of rotatable bonds is 4. The third kappa shape index (κ3) is 3.96. The highest BCUT2D eigenvalue weighted by atomic mass is 16.1. The Balaban J connectivity index is 1.64. The molecule has 0 aliphatic carbocycles. The summed E-state index contributed by atoms with van der Waals surface area (Å²) in [5.74, 6) is 0.416. The molecule has 0 N–H and O–H groups in total. The van der Waals surface area contributed by atoms with Gasteiger partial charge in [-0.25, -0.2) is 0 Å². The molecule has 0 spiro atoms. The van der Waals surface area contributed by atoms with E-state index in [1.165, 1.54) is 43.5 Å². The molecule has 0 aromatic heterocycles. The Labute approximate surface area is 134 Å². The molecular formula is C19H28N2O. The topological polar surface area (TPSA) is 23.6 Å². The number of hydrogen-bond donors (Lipinski definition) is 0. The quantitative estimate of drug-likeness (QED) is 0.853. The van der Waals surface area contributed by atoms with Crippen molar-refractivity contribution in [3.63, 3.8) is 0 Å². The van der Waals surface area contributed by atoms with E-state index in [9.17, 15) is 4.79 Å². The van der Waals surface area contributed by atoms with Crippen LogP contribution >= 0.6 is 0 Å². The van der Waals surface area contributed by atoms with Crippen molar-refractivity contribution in [1.82, 2.24) is 9.80 Å². The van der Waals surface area contributed by atoms with E-state index in [1.54, 1.807) is 0 Å². The number of benzene rings is 1. The smallest absolute Gasteiger partial charge is 0.136 e. The van der Waals surface area contributed by atoms with E-state index in [-0.39, 0.29) is 6.04 Å². The van der Waals surface area contributed by atoms with Gasteiger partial charge in [-0.3, -0.25) is 9.69 Å². The lowest BCUT2D eigenvalue weighted by atomic mass is 9.94. The second kappa shape index (κ2) is 7.38. The van der Waals surface area contributed by atoms with E-state index in [0.717, 1.165) is 26.1 Å². The fraction of sp³-hybridized carbons (Fsp3) is 0.632. The molecule has 3 rings (SSSR count). The van der Waals surface area contributed by atoms with Gasteiger partial charge in [0.05, 0.1) is 0 Å². The summed E-state index contributed by atoms with van der Waals surface area (Å²) in [5.41, 5.74) is 2.59. The molecule has 2 fully saturated rings. The van der Waals surface area contributed by atoms with E-state index < -0.39 is 0 Å². The predicted octanol–water partition coefficient (Wildman–Crippen LogP) is 3.19. The molecule has 0 bridgehead atoms. The molecule has 2 aliphatic heterocycles. The Bertz CT molecular complexity index is 491. The van der Waals surface area contributed by atoms with Crippen molar-refractivity contribution < 1.29 is 4.79 Å². The summed E-state index contributed by atoms with van der Waals surface area (Å²) in [6.07, 6.45) is 5.49. The minimum Gasteiger partial charge on any atom is -0.302 e. The van der Waals surface area contributed by atoms with Gasteiger partial charge in [0, 0.05) is 38.5 Å². The van der Waals surface area contributed by atoms with Gasteiger partial charge in [-0.15, -0.1) is 0 Å². The lowest BCUT2D eigenvalue weighted by Gasteiger charge is -2.37. The van der Waals surface area contributed by atoms with Crippen molar-refractivity contribution in [2.24, 2.45) is 0 Å². The van der Waals surface area contributed by atoms with Gasteiger partial charge in [-0.2, -0.15) is 0 Å². The molecule has 120 valence electrons. The van der Waals surface area contributed by atoms with Crippen molar-refractivity contribution in [1.29, 1.82) is 0 Å².